The Hall–Kier alpha value is -2.79. The van der Waals surface area contributed by atoms with E-state index in [9.17, 15) is 31.2 Å². The van der Waals surface area contributed by atoms with Crippen LogP contribution in [-0.2, 0) is 19.6 Å². The van der Waals surface area contributed by atoms with Gasteiger partial charge in [-0.2, -0.15) is 21.6 Å². The molecule has 0 atom stereocenters. The largest absolute Gasteiger partial charge is 0.516 e. The highest BCUT2D eigenvalue weighted by molar-refractivity contribution is 7.93. The number of alkyl halides is 4. The molecule has 12 heteroatoms. The van der Waals surface area contributed by atoms with Gasteiger partial charge in [0.1, 0.15) is 5.88 Å². The third-order valence-electron chi connectivity index (χ3n) is 4.36. The maximum absolute atomic E-state index is 12.3. The fourth-order valence-corrected chi connectivity index (χ4v) is 3.63. The van der Waals surface area contributed by atoms with E-state index in [1.807, 2.05) is 44.2 Å². The fourth-order valence-electron chi connectivity index (χ4n) is 2.87. The normalized spacial score (nSPS) is 11.4. The van der Waals surface area contributed by atoms with Gasteiger partial charge in [0.15, 0.2) is 0 Å². The molecule has 0 bridgehead atoms. The fraction of sp³-hybridized carbons (Fsp3) is 0.364. The predicted molar refractivity (Wildman–Crippen MR) is 129 cm³/mol. The SMILES string of the molecule is CC(=O)Nc1cc(NS(=O)(=O)C(F)(F)F)c(C)cc1C.CC(C)N(C(=O)CCl)c1ccccc1. The average Bonchev–Trinajstić information content (AvgIpc) is 2.71. The maximum Gasteiger partial charge on any atom is 0.516 e. The second kappa shape index (κ2) is 12.1. The number of carbonyl (C=O) groups is 2. The molecule has 0 heterocycles. The van der Waals surface area contributed by atoms with Crippen molar-refractivity contribution in [3.8, 4) is 0 Å². The van der Waals surface area contributed by atoms with Crippen LogP contribution in [0.3, 0.4) is 0 Å². The summed E-state index contributed by atoms with van der Waals surface area (Å²) in [6.45, 7) is 8.27. The van der Waals surface area contributed by atoms with Crippen LogP contribution < -0.4 is 14.9 Å². The van der Waals surface area contributed by atoms with Gasteiger partial charge in [0.2, 0.25) is 11.8 Å². The number of anilines is 3. The highest BCUT2D eigenvalue weighted by atomic mass is 35.5. The van der Waals surface area contributed by atoms with E-state index in [2.05, 4.69) is 5.32 Å². The van der Waals surface area contributed by atoms with Crippen molar-refractivity contribution in [3.05, 3.63) is 53.6 Å². The number of rotatable bonds is 6. The van der Waals surface area contributed by atoms with Crippen molar-refractivity contribution in [3.63, 3.8) is 0 Å². The highest BCUT2D eigenvalue weighted by Crippen LogP contribution is 2.30. The first-order valence-electron chi connectivity index (χ1n) is 10.0. The smallest absolute Gasteiger partial charge is 0.326 e. The molecule has 188 valence electrons. The summed E-state index contributed by atoms with van der Waals surface area (Å²) in [7, 11) is -5.49. The third kappa shape index (κ3) is 8.21. The van der Waals surface area contributed by atoms with Gasteiger partial charge in [-0.05, 0) is 57.0 Å². The van der Waals surface area contributed by atoms with Crippen molar-refractivity contribution in [2.45, 2.75) is 46.2 Å². The molecule has 0 saturated heterocycles. The van der Waals surface area contributed by atoms with Crippen LogP contribution >= 0.6 is 11.6 Å². The van der Waals surface area contributed by atoms with E-state index in [-0.39, 0.29) is 29.2 Å². The van der Waals surface area contributed by atoms with Crippen LogP contribution in [0.2, 0.25) is 0 Å². The number of nitrogens with one attached hydrogen (secondary N) is 2. The van der Waals surface area contributed by atoms with Crippen molar-refractivity contribution >= 4 is 50.5 Å². The molecule has 2 amide bonds. The Labute approximate surface area is 202 Å². The van der Waals surface area contributed by atoms with Gasteiger partial charge < -0.3 is 10.2 Å². The number of hydrogen-bond acceptors (Lipinski definition) is 4. The minimum absolute atomic E-state index is 0.0209. The molecule has 0 saturated carbocycles. The second-order valence-electron chi connectivity index (χ2n) is 7.54. The molecule has 0 fully saturated rings. The van der Waals surface area contributed by atoms with E-state index in [1.54, 1.807) is 11.8 Å². The number of benzene rings is 2. The lowest BCUT2D eigenvalue weighted by atomic mass is 10.1. The quantitative estimate of drug-likeness (QED) is 0.511. The lowest BCUT2D eigenvalue weighted by Gasteiger charge is -2.25. The number of amides is 2. The lowest BCUT2D eigenvalue weighted by molar-refractivity contribution is -0.116. The van der Waals surface area contributed by atoms with Crippen molar-refractivity contribution in [2.75, 3.05) is 20.8 Å². The Morgan fingerprint density at radius 2 is 1.56 bits per heavy atom. The van der Waals surface area contributed by atoms with E-state index in [1.165, 1.54) is 24.6 Å². The summed E-state index contributed by atoms with van der Waals surface area (Å²) in [5, 5.41) is 2.41. The topological polar surface area (TPSA) is 95.6 Å². The van der Waals surface area contributed by atoms with Crippen LogP contribution in [0.5, 0.6) is 0 Å². The van der Waals surface area contributed by atoms with Gasteiger partial charge in [0.05, 0.1) is 5.69 Å². The Balaban J connectivity index is 0.000000362. The molecule has 0 radical (unpaired) electrons. The van der Waals surface area contributed by atoms with Gasteiger partial charge in [-0.3, -0.25) is 14.3 Å². The van der Waals surface area contributed by atoms with E-state index in [4.69, 9.17) is 11.6 Å². The standard InChI is InChI=1S/C11H14ClNO.C11H13F3N2O3S/c1-9(2)13(11(14)8-12)10-6-4-3-5-7-10;1-6-4-7(2)10(5-9(6)15-8(3)17)16-20(18,19)11(12,13)14/h3-7,9H,8H2,1-2H3;4-5,16H,1-3H3,(H,15,17). The molecule has 7 nitrogen and oxygen atoms in total. The van der Waals surface area contributed by atoms with Crippen LogP contribution in [0.15, 0.2) is 42.5 Å². The van der Waals surface area contributed by atoms with Crippen LogP contribution in [0.4, 0.5) is 30.2 Å². The molecular weight excluding hydrogens is 495 g/mol. The molecule has 2 aromatic rings. The van der Waals surface area contributed by atoms with Crippen LogP contribution in [0, 0.1) is 13.8 Å². The van der Waals surface area contributed by atoms with Gasteiger partial charge in [-0.25, -0.2) is 0 Å². The van der Waals surface area contributed by atoms with Crippen LogP contribution in [0.1, 0.15) is 31.9 Å². The minimum atomic E-state index is -5.49. The summed E-state index contributed by atoms with van der Waals surface area (Å²) in [6.07, 6.45) is 0. The minimum Gasteiger partial charge on any atom is -0.326 e. The number of para-hydroxylation sites is 1. The monoisotopic (exact) mass is 521 g/mol. The number of aryl methyl sites for hydroxylation is 2. The summed E-state index contributed by atoms with van der Waals surface area (Å²) >= 11 is 5.55. The molecule has 0 aliphatic carbocycles. The molecule has 0 aliphatic rings. The molecule has 0 aliphatic heterocycles. The van der Waals surface area contributed by atoms with Gasteiger partial charge in [0, 0.05) is 24.3 Å². The van der Waals surface area contributed by atoms with Gasteiger partial charge in [0.25, 0.3) is 0 Å². The number of halogens is 4. The summed E-state index contributed by atoms with van der Waals surface area (Å²) in [6, 6.07) is 12.3. The third-order valence-corrected chi connectivity index (χ3v) is 5.69. The first-order chi connectivity index (χ1) is 15.6. The second-order valence-corrected chi connectivity index (χ2v) is 9.48. The van der Waals surface area contributed by atoms with E-state index in [0.29, 0.717) is 11.1 Å². The zero-order valence-electron chi connectivity index (χ0n) is 19.3. The summed E-state index contributed by atoms with van der Waals surface area (Å²) < 4.78 is 60.6. The number of sulfonamides is 1. The number of nitrogens with zero attached hydrogens (tertiary/aromatic N) is 1. The Bertz CT molecular complexity index is 1110. The van der Waals surface area contributed by atoms with Crippen molar-refractivity contribution in [1.29, 1.82) is 0 Å². The van der Waals surface area contributed by atoms with E-state index >= 15 is 0 Å². The molecule has 0 spiro atoms. The maximum atomic E-state index is 12.3. The van der Waals surface area contributed by atoms with E-state index < -0.39 is 21.4 Å². The summed E-state index contributed by atoms with van der Waals surface area (Å²) in [5.41, 5.74) is -3.59. The Morgan fingerprint density at radius 1 is 1.03 bits per heavy atom. The van der Waals surface area contributed by atoms with Gasteiger partial charge in [-0.15, -0.1) is 11.6 Å². The molecule has 0 unspecified atom stereocenters. The summed E-state index contributed by atoms with van der Waals surface area (Å²) in [5.74, 6) is -0.456. The average molecular weight is 522 g/mol. The summed E-state index contributed by atoms with van der Waals surface area (Å²) in [4.78, 5) is 24.2. The van der Waals surface area contributed by atoms with E-state index in [0.717, 1.165) is 11.8 Å². The van der Waals surface area contributed by atoms with Gasteiger partial charge >= 0.3 is 15.5 Å². The lowest BCUT2D eigenvalue weighted by Crippen LogP contribution is -2.37. The van der Waals surface area contributed by atoms with Crippen molar-refractivity contribution < 1.29 is 31.2 Å². The Kier molecular flexibility index (Phi) is 10.4. The van der Waals surface area contributed by atoms with Crippen molar-refractivity contribution in [2.24, 2.45) is 0 Å². The molecule has 34 heavy (non-hydrogen) atoms. The Morgan fingerprint density at radius 3 is 2.00 bits per heavy atom. The zero-order chi connectivity index (χ0) is 26.3. The van der Waals surface area contributed by atoms with Crippen molar-refractivity contribution in [1.82, 2.24) is 0 Å². The molecule has 0 aromatic heterocycles. The molecule has 2 rings (SSSR count). The van der Waals surface area contributed by atoms with Crippen LogP contribution in [0.25, 0.3) is 0 Å². The van der Waals surface area contributed by atoms with Crippen LogP contribution in [-0.4, -0.2) is 37.7 Å². The number of carbonyl (C=O) groups excluding carboxylic acids is 2. The first-order valence-corrected chi connectivity index (χ1v) is 12.0. The predicted octanol–water partition coefficient (Wildman–Crippen LogP) is 5.19. The molecule has 2 N–H and O–H groups in total. The molecular formula is C22H27ClF3N3O4S. The highest BCUT2D eigenvalue weighted by Gasteiger charge is 2.46. The van der Waals surface area contributed by atoms with Gasteiger partial charge in [-0.1, -0.05) is 24.3 Å². The zero-order valence-corrected chi connectivity index (χ0v) is 20.9. The molecule has 2 aromatic carbocycles. The first kappa shape index (κ1) is 29.2. The number of hydrogen-bond donors (Lipinski definition) is 2.